The highest BCUT2D eigenvalue weighted by atomic mass is 32.2. The zero-order valence-electron chi connectivity index (χ0n) is 10.2. The van der Waals surface area contributed by atoms with Crippen LogP contribution in [0, 0.1) is 0 Å². The molecule has 100 valence electrons. The van der Waals surface area contributed by atoms with Gasteiger partial charge in [-0.1, -0.05) is 19.3 Å². The molecule has 0 aliphatic heterocycles. The minimum absolute atomic E-state index is 0.0828. The van der Waals surface area contributed by atoms with E-state index in [0.717, 1.165) is 32.1 Å². The molecule has 0 radical (unpaired) electrons. The van der Waals surface area contributed by atoms with Gasteiger partial charge in [0.2, 0.25) is 0 Å². The molecule has 0 aromatic heterocycles. The van der Waals surface area contributed by atoms with Crippen molar-refractivity contribution in [2.75, 3.05) is 0 Å². The maximum atomic E-state index is 11.9. The summed E-state index contributed by atoms with van der Waals surface area (Å²) in [5, 5.41) is 8.56. The van der Waals surface area contributed by atoms with Crippen LogP contribution < -0.4 is 4.72 Å². The number of amides is 1. The molecule has 1 aliphatic carbocycles. The lowest BCUT2D eigenvalue weighted by Gasteiger charge is -2.35. The lowest BCUT2D eigenvalue weighted by Crippen LogP contribution is -2.51. The number of carboxylic acid groups (broad SMARTS) is 1. The second-order valence-electron chi connectivity index (χ2n) is 4.63. The Morgan fingerprint density at radius 3 is 2.24 bits per heavy atom. The molecule has 0 aromatic rings. The van der Waals surface area contributed by atoms with Crippen LogP contribution in [0.15, 0.2) is 0 Å². The quantitative estimate of drug-likeness (QED) is 0.806. The van der Waals surface area contributed by atoms with Gasteiger partial charge >= 0.3 is 16.3 Å². The Labute approximate surface area is 102 Å². The first-order chi connectivity index (χ1) is 7.84. The molecule has 1 amide bonds. The van der Waals surface area contributed by atoms with E-state index >= 15 is 0 Å². The molecule has 0 saturated heterocycles. The highest BCUT2D eigenvalue weighted by Gasteiger charge is 2.34. The summed E-state index contributed by atoms with van der Waals surface area (Å²) in [6, 6.07) is -0.324. The SMILES string of the molecule is CC(C)N(C1CCCCC1)S(=O)(=O)NC(=O)O. The van der Waals surface area contributed by atoms with Crippen molar-refractivity contribution < 1.29 is 18.3 Å². The summed E-state index contributed by atoms with van der Waals surface area (Å²) < 4.78 is 26.7. The molecular formula is C10H20N2O4S. The van der Waals surface area contributed by atoms with Gasteiger partial charge in [-0.2, -0.15) is 12.7 Å². The lowest BCUT2D eigenvalue weighted by molar-refractivity contribution is 0.194. The van der Waals surface area contributed by atoms with Crippen LogP contribution >= 0.6 is 0 Å². The van der Waals surface area contributed by atoms with E-state index in [1.165, 1.54) is 4.31 Å². The van der Waals surface area contributed by atoms with Gasteiger partial charge < -0.3 is 5.11 Å². The Kier molecular flexibility index (Phi) is 4.76. The number of hydrogen-bond acceptors (Lipinski definition) is 3. The zero-order valence-corrected chi connectivity index (χ0v) is 11.0. The van der Waals surface area contributed by atoms with Gasteiger partial charge in [-0.15, -0.1) is 0 Å². The molecule has 0 atom stereocenters. The van der Waals surface area contributed by atoms with Crippen LogP contribution in [-0.4, -0.2) is 36.0 Å². The molecule has 2 N–H and O–H groups in total. The van der Waals surface area contributed by atoms with Gasteiger partial charge in [0.25, 0.3) is 0 Å². The topological polar surface area (TPSA) is 86.7 Å². The van der Waals surface area contributed by atoms with Crippen LogP contribution in [-0.2, 0) is 10.2 Å². The highest BCUT2D eigenvalue weighted by molar-refractivity contribution is 7.87. The van der Waals surface area contributed by atoms with Crippen molar-refractivity contribution in [3.05, 3.63) is 0 Å². The number of hydrogen-bond donors (Lipinski definition) is 2. The Hall–Kier alpha value is -0.820. The Balaban J connectivity index is 2.87. The minimum atomic E-state index is -3.94. The van der Waals surface area contributed by atoms with Crippen molar-refractivity contribution in [2.45, 2.75) is 58.0 Å². The third-order valence-electron chi connectivity index (χ3n) is 2.94. The fraction of sp³-hybridized carbons (Fsp3) is 0.900. The summed E-state index contributed by atoms with van der Waals surface area (Å²) in [5.74, 6) is 0. The molecule has 1 saturated carbocycles. The normalized spacial score (nSPS) is 18.6. The summed E-state index contributed by atoms with van der Waals surface area (Å²) in [6.45, 7) is 3.52. The number of nitrogens with zero attached hydrogens (tertiary/aromatic N) is 1. The summed E-state index contributed by atoms with van der Waals surface area (Å²) in [4.78, 5) is 10.5. The zero-order chi connectivity index (χ0) is 13.1. The van der Waals surface area contributed by atoms with Crippen LogP contribution in [0.1, 0.15) is 46.0 Å². The van der Waals surface area contributed by atoms with Gasteiger partial charge in [0.05, 0.1) is 0 Å². The van der Waals surface area contributed by atoms with Gasteiger partial charge in [0, 0.05) is 12.1 Å². The Bertz CT molecular complexity index is 361. The summed E-state index contributed by atoms with van der Waals surface area (Å²) >= 11 is 0. The largest absolute Gasteiger partial charge is 0.464 e. The number of carbonyl (C=O) groups is 1. The van der Waals surface area contributed by atoms with Crippen LogP contribution in [0.2, 0.25) is 0 Å². The summed E-state index contributed by atoms with van der Waals surface area (Å²) in [7, 11) is -3.94. The molecule has 1 rings (SSSR count). The molecule has 1 aliphatic rings. The van der Waals surface area contributed by atoms with E-state index < -0.39 is 16.3 Å². The fourth-order valence-electron chi connectivity index (χ4n) is 2.39. The van der Waals surface area contributed by atoms with E-state index in [9.17, 15) is 13.2 Å². The first kappa shape index (κ1) is 14.2. The third kappa shape index (κ3) is 3.85. The van der Waals surface area contributed by atoms with Crippen molar-refractivity contribution in [2.24, 2.45) is 0 Å². The molecule has 0 unspecified atom stereocenters. The molecule has 6 nitrogen and oxygen atoms in total. The van der Waals surface area contributed by atoms with Crippen LogP contribution in [0.3, 0.4) is 0 Å². The minimum Gasteiger partial charge on any atom is -0.464 e. The smallest absolute Gasteiger partial charge is 0.419 e. The van der Waals surface area contributed by atoms with Crippen molar-refractivity contribution in [1.82, 2.24) is 9.03 Å². The molecule has 0 bridgehead atoms. The second-order valence-corrected chi connectivity index (χ2v) is 6.20. The number of rotatable bonds is 4. The van der Waals surface area contributed by atoms with Gasteiger partial charge in [-0.05, 0) is 26.7 Å². The fourth-order valence-corrected chi connectivity index (χ4v) is 3.88. The predicted molar refractivity (Wildman–Crippen MR) is 63.9 cm³/mol. The van der Waals surface area contributed by atoms with E-state index in [-0.39, 0.29) is 12.1 Å². The molecule has 0 heterocycles. The average molecular weight is 264 g/mol. The monoisotopic (exact) mass is 264 g/mol. The van der Waals surface area contributed by atoms with E-state index in [1.54, 1.807) is 18.6 Å². The van der Waals surface area contributed by atoms with E-state index in [2.05, 4.69) is 0 Å². The Morgan fingerprint density at radius 1 is 1.29 bits per heavy atom. The molecule has 7 heteroatoms. The first-order valence-corrected chi connectivity index (χ1v) is 7.33. The molecule has 0 spiro atoms. The van der Waals surface area contributed by atoms with Crippen LogP contribution in [0.25, 0.3) is 0 Å². The maximum Gasteiger partial charge on any atom is 0.419 e. The van der Waals surface area contributed by atoms with Crippen molar-refractivity contribution >= 4 is 16.3 Å². The van der Waals surface area contributed by atoms with Gasteiger partial charge in [-0.25, -0.2) is 9.52 Å². The van der Waals surface area contributed by atoms with Gasteiger partial charge in [-0.3, -0.25) is 0 Å². The van der Waals surface area contributed by atoms with Crippen LogP contribution in [0.4, 0.5) is 4.79 Å². The maximum absolute atomic E-state index is 11.9. The van der Waals surface area contributed by atoms with E-state index in [4.69, 9.17) is 5.11 Å². The van der Waals surface area contributed by atoms with E-state index in [1.807, 2.05) is 0 Å². The molecular weight excluding hydrogens is 244 g/mol. The lowest BCUT2D eigenvalue weighted by atomic mass is 9.95. The standard InChI is InChI=1S/C10H20N2O4S/c1-8(2)12(9-6-4-3-5-7-9)17(15,16)11-10(13)14/h8-9,11H,3-7H2,1-2H3,(H,13,14). The summed E-state index contributed by atoms with van der Waals surface area (Å²) in [5.41, 5.74) is 0. The summed E-state index contributed by atoms with van der Waals surface area (Å²) in [6.07, 6.45) is 3.19. The van der Waals surface area contributed by atoms with Gasteiger partial charge in [0.1, 0.15) is 0 Å². The van der Waals surface area contributed by atoms with Crippen molar-refractivity contribution in [3.63, 3.8) is 0 Å². The number of nitrogens with one attached hydrogen (secondary N) is 1. The molecule has 0 aromatic carbocycles. The predicted octanol–water partition coefficient (Wildman–Crippen LogP) is 1.54. The van der Waals surface area contributed by atoms with Crippen molar-refractivity contribution in [3.8, 4) is 0 Å². The molecule has 1 fully saturated rings. The van der Waals surface area contributed by atoms with Crippen molar-refractivity contribution in [1.29, 1.82) is 0 Å². The molecule has 17 heavy (non-hydrogen) atoms. The second kappa shape index (κ2) is 5.68. The van der Waals surface area contributed by atoms with Gasteiger partial charge in [0.15, 0.2) is 0 Å². The highest BCUT2D eigenvalue weighted by Crippen LogP contribution is 2.25. The first-order valence-electron chi connectivity index (χ1n) is 5.89. The third-order valence-corrected chi connectivity index (χ3v) is 4.64. The Morgan fingerprint density at radius 2 is 1.82 bits per heavy atom. The van der Waals surface area contributed by atoms with Crippen LogP contribution in [0.5, 0.6) is 0 Å². The van der Waals surface area contributed by atoms with E-state index in [0.29, 0.717) is 0 Å². The average Bonchev–Trinajstić information content (AvgIpc) is 2.15.